The third-order valence-corrected chi connectivity index (χ3v) is 10.3. The number of rotatable bonds is 5. The molecule has 0 fully saturated rings. The van der Waals surface area contributed by atoms with Gasteiger partial charge in [0, 0.05) is 44.0 Å². The Morgan fingerprint density at radius 2 is 0.680 bits per heavy atom. The van der Waals surface area contributed by atoms with Crippen molar-refractivity contribution in [2.75, 3.05) is 14.2 Å². The molecule has 2 aromatic heterocycles. The Morgan fingerprint density at radius 1 is 0.340 bits per heavy atom. The fourth-order valence-electron chi connectivity index (χ4n) is 8.13. The molecule has 4 nitrogen and oxygen atoms in total. The van der Waals surface area contributed by atoms with E-state index in [2.05, 4.69) is 167 Å². The van der Waals surface area contributed by atoms with Crippen LogP contribution in [0.25, 0.3) is 87.7 Å². The monoisotopic (exact) mass is 644 g/mol. The summed E-state index contributed by atoms with van der Waals surface area (Å²) in [5.74, 6) is 1.61. The third-order valence-electron chi connectivity index (χ3n) is 10.3. The molecule has 10 aromatic rings. The first-order valence-corrected chi connectivity index (χ1v) is 16.9. The van der Waals surface area contributed by atoms with Crippen molar-refractivity contribution in [3.05, 3.63) is 158 Å². The van der Waals surface area contributed by atoms with Gasteiger partial charge in [0.25, 0.3) is 0 Å². The van der Waals surface area contributed by atoms with Gasteiger partial charge in [-0.2, -0.15) is 0 Å². The quantitative estimate of drug-likeness (QED) is 0.186. The number of methoxy groups -OCH3 is 2. The fraction of sp³-hybridized carbons (Fsp3) is 0.0435. The van der Waals surface area contributed by atoms with Crippen LogP contribution in [0, 0.1) is 0 Å². The molecular weight excluding hydrogens is 613 g/mol. The second-order valence-electron chi connectivity index (χ2n) is 12.8. The summed E-state index contributed by atoms with van der Waals surface area (Å²) in [5, 5.41) is 9.46. The summed E-state index contributed by atoms with van der Waals surface area (Å²) in [7, 11) is 3.49. The number of ether oxygens (including phenoxy) is 2. The average Bonchev–Trinajstić information content (AvgIpc) is 3.70. The molecule has 0 aliphatic carbocycles. The van der Waals surface area contributed by atoms with Gasteiger partial charge in [-0.15, -0.1) is 0 Å². The Bertz CT molecular complexity index is 2660. The molecule has 8 aromatic carbocycles. The molecule has 0 aliphatic rings. The highest BCUT2D eigenvalue weighted by Crippen LogP contribution is 2.46. The summed E-state index contributed by atoms with van der Waals surface area (Å²) in [6.07, 6.45) is 0. The van der Waals surface area contributed by atoms with Crippen LogP contribution in [0.5, 0.6) is 11.5 Å². The van der Waals surface area contributed by atoms with E-state index in [9.17, 15) is 0 Å². The van der Waals surface area contributed by atoms with Gasteiger partial charge in [-0.3, -0.25) is 0 Å². The van der Waals surface area contributed by atoms with Gasteiger partial charge < -0.3 is 18.6 Å². The Balaban J connectivity index is 1.20. The molecular formula is C46H32N2O2. The minimum absolute atomic E-state index is 0.805. The van der Waals surface area contributed by atoms with Crippen LogP contribution >= 0.6 is 0 Å². The molecule has 0 unspecified atom stereocenters. The van der Waals surface area contributed by atoms with Crippen LogP contribution < -0.4 is 9.47 Å². The smallest absolute Gasteiger partial charge is 0.127 e. The van der Waals surface area contributed by atoms with Crippen molar-refractivity contribution in [2.45, 2.75) is 0 Å². The maximum atomic E-state index is 6.09. The van der Waals surface area contributed by atoms with E-state index in [1.54, 1.807) is 14.2 Å². The molecule has 50 heavy (non-hydrogen) atoms. The van der Waals surface area contributed by atoms with Crippen molar-refractivity contribution in [3.8, 4) is 34.0 Å². The van der Waals surface area contributed by atoms with E-state index in [0.717, 1.165) is 55.5 Å². The fourth-order valence-corrected chi connectivity index (χ4v) is 8.13. The van der Waals surface area contributed by atoms with Crippen LogP contribution in [0.4, 0.5) is 0 Å². The molecule has 2 heterocycles. The standard InChI is InChI=1S/C46H32N2O2/c1-49-43-25-19-29-27-31(47-39-15-7-3-11-35(39)36-12-4-8-16-40(36)47)21-23-33(29)45(43)46-34-24-22-32(28-30(34)20-26-44(46)50-2)48-41-17-9-5-13-37(41)38-14-6-10-18-42(38)48/h3-28H,1-2H3. The second-order valence-corrected chi connectivity index (χ2v) is 12.8. The molecule has 238 valence electrons. The molecule has 0 amide bonds. The van der Waals surface area contributed by atoms with E-state index < -0.39 is 0 Å². The van der Waals surface area contributed by atoms with Gasteiger partial charge in [0.05, 0.1) is 36.3 Å². The van der Waals surface area contributed by atoms with E-state index >= 15 is 0 Å². The molecule has 0 N–H and O–H groups in total. The van der Waals surface area contributed by atoms with E-state index in [1.807, 2.05) is 0 Å². The van der Waals surface area contributed by atoms with Gasteiger partial charge in [-0.1, -0.05) is 97.1 Å². The number of hydrogen-bond acceptors (Lipinski definition) is 2. The molecule has 0 saturated heterocycles. The van der Waals surface area contributed by atoms with Crippen molar-refractivity contribution in [1.82, 2.24) is 9.13 Å². The molecule has 0 atom stereocenters. The van der Waals surface area contributed by atoms with Crippen molar-refractivity contribution in [1.29, 1.82) is 0 Å². The Morgan fingerprint density at radius 3 is 1.02 bits per heavy atom. The summed E-state index contributed by atoms with van der Waals surface area (Å²) in [6, 6.07) is 56.5. The molecule has 10 rings (SSSR count). The number of hydrogen-bond donors (Lipinski definition) is 0. The van der Waals surface area contributed by atoms with Crippen LogP contribution in [0.3, 0.4) is 0 Å². The van der Waals surface area contributed by atoms with Crippen LogP contribution in [-0.4, -0.2) is 23.4 Å². The minimum Gasteiger partial charge on any atom is -0.496 e. The summed E-state index contributed by atoms with van der Waals surface area (Å²) in [4.78, 5) is 0. The maximum Gasteiger partial charge on any atom is 0.127 e. The number of aromatic nitrogens is 2. The van der Waals surface area contributed by atoms with E-state index in [1.165, 1.54) is 43.6 Å². The predicted molar refractivity (Wildman–Crippen MR) is 209 cm³/mol. The lowest BCUT2D eigenvalue weighted by Gasteiger charge is -2.19. The lowest BCUT2D eigenvalue weighted by Crippen LogP contribution is -1.98. The Hall–Kier alpha value is -6.52. The Labute approximate surface area is 288 Å². The number of fused-ring (bicyclic) bond motifs is 8. The van der Waals surface area contributed by atoms with Crippen molar-refractivity contribution >= 4 is 65.2 Å². The van der Waals surface area contributed by atoms with Gasteiger partial charge in [-0.25, -0.2) is 0 Å². The highest BCUT2D eigenvalue weighted by atomic mass is 16.5. The maximum absolute atomic E-state index is 6.09. The van der Waals surface area contributed by atoms with Gasteiger partial charge >= 0.3 is 0 Å². The third kappa shape index (κ3) is 4.05. The molecule has 0 aliphatic heterocycles. The largest absolute Gasteiger partial charge is 0.496 e. The second kappa shape index (κ2) is 11.0. The van der Waals surface area contributed by atoms with E-state index in [4.69, 9.17) is 9.47 Å². The SMILES string of the molecule is COc1ccc2cc(-n3c4ccccc4c4ccccc43)ccc2c1-c1c(OC)ccc2cc(-n3c4ccccc4c4ccccc43)ccc12. The molecule has 0 radical (unpaired) electrons. The topological polar surface area (TPSA) is 28.3 Å². The van der Waals surface area contributed by atoms with Crippen LogP contribution in [0.15, 0.2) is 158 Å². The van der Waals surface area contributed by atoms with Crippen molar-refractivity contribution < 1.29 is 9.47 Å². The van der Waals surface area contributed by atoms with Crippen molar-refractivity contribution in [3.63, 3.8) is 0 Å². The highest BCUT2D eigenvalue weighted by Gasteiger charge is 2.21. The predicted octanol–water partition coefficient (Wildman–Crippen LogP) is 11.9. The van der Waals surface area contributed by atoms with Gasteiger partial charge in [0.15, 0.2) is 0 Å². The number of benzene rings is 8. The first kappa shape index (κ1) is 28.5. The Kier molecular flexibility index (Phi) is 6.27. The number of para-hydroxylation sites is 4. The lowest BCUT2D eigenvalue weighted by molar-refractivity contribution is 0.411. The van der Waals surface area contributed by atoms with Crippen molar-refractivity contribution in [2.24, 2.45) is 0 Å². The van der Waals surface area contributed by atoms with Crippen LogP contribution in [0.1, 0.15) is 0 Å². The summed E-state index contributed by atoms with van der Waals surface area (Å²) in [5.41, 5.74) is 9.04. The molecule has 0 saturated carbocycles. The van der Waals surface area contributed by atoms with Gasteiger partial charge in [0.2, 0.25) is 0 Å². The van der Waals surface area contributed by atoms with Crippen LogP contribution in [0.2, 0.25) is 0 Å². The first-order valence-electron chi connectivity index (χ1n) is 16.9. The lowest BCUT2D eigenvalue weighted by atomic mass is 9.91. The zero-order valence-corrected chi connectivity index (χ0v) is 27.7. The van der Waals surface area contributed by atoms with Gasteiger partial charge in [-0.05, 0) is 82.2 Å². The number of nitrogens with zero attached hydrogens (tertiary/aromatic N) is 2. The average molecular weight is 645 g/mol. The van der Waals surface area contributed by atoms with E-state index in [0.29, 0.717) is 0 Å². The highest BCUT2D eigenvalue weighted by molar-refractivity contribution is 6.13. The first-order chi connectivity index (χ1) is 24.7. The molecule has 0 bridgehead atoms. The summed E-state index contributed by atoms with van der Waals surface area (Å²) >= 11 is 0. The van der Waals surface area contributed by atoms with Crippen LogP contribution in [-0.2, 0) is 0 Å². The zero-order chi connectivity index (χ0) is 33.3. The minimum atomic E-state index is 0.805. The summed E-state index contributed by atoms with van der Waals surface area (Å²) < 4.78 is 16.9. The molecule has 0 spiro atoms. The normalized spacial score (nSPS) is 11.8. The van der Waals surface area contributed by atoms with E-state index in [-0.39, 0.29) is 0 Å². The van der Waals surface area contributed by atoms with Gasteiger partial charge in [0.1, 0.15) is 11.5 Å². The summed E-state index contributed by atoms with van der Waals surface area (Å²) in [6.45, 7) is 0. The zero-order valence-electron chi connectivity index (χ0n) is 27.7. The molecule has 4 heteroatoms.